The van der Waals surface area contributed by atoms with Gasteiger partial charge in [-0.25, -0.2) is 4.39 Å². The van der Waals surface area contributed by atoms with E-state index in [1.54, 1.807) is 11.0 Å². The summed E-state index contributed by atoms with van der Waals surface area (Å²) in [6.45, 7) is 2.26. The number of aryl methyl sites for hydroxylation is 1. The van der Waals surface area contributed by atoms with Crippen molar-refractivity contribution in [2.45, 2.75) is 44.7 Å². The average Bonchev–Trinajstić information content (AvgIpc) is 2.88. The second-order valence-corrected chi connectivity index (χ2v) is 6.07. The predicted octanol–water partition coefficient (Wildman–Crippen LogP) is 1.91. The lowest BCUT2D eigenvalue weighted by atomic mass is 9.92. The second-order valence-electron chi connectivity index (χ2n) is 6.07. The number of benzene rings is 1. The van der Waals surface area contributed by atoms with Crippen molar-refractivity contribution in [3.8, 4) is 0 Å². The molecule has 1 aromatic rings. The van der Waals surface area contributed by atoms with Gasteiger partial charge in [0.25, 0.3) is 0 Å². The lowest BCUT2D eigenvalue weighted by Crippen LogP contribution is -2.65. The van der Waals surface area contributed by atoms with E-state index >= 15 is 0 Å². The number of nitrogens with one attached hydrogen (secondary N) is 1. The molecule has 0 bridgehead atoms. The van der Waals surface area contributed by atoms with E-state index in [0.717, 1.165) is 36.8 Å². The summed E-state index contributed by atoms with van der Waals surface area (Å²) in [5.41, 5.74) is 0.991. The Morgan fingerprint density at radius 2 is 2.00 bits per heavy atom. The standard InChI is InChI=1S/C16H19FN2O2/c1-11-8-13(17)5-4-12(11)9-19-10-14(20)18-16(15(19)21)6-2-3-7-16/h4-5,8H,2-3,6-7,9-10H2,1H3,(H,18,20). The molecule has 2 amide bonds. The van der Waals surface area contributed by atoms with Crippen LogP contribution in [0.25, 0.3) is 0 Å². The highest BCUT2D eigenvalue weighted by Crippen LogP contribution is 2.33. The maximum absolute atomic E-state index is 13.2. The van der Waals surface area contributed by atoms with Gasteiger partial charge in [-0.2, -0.15) is 0 Å². The Morgan fingerprint density at radius 1 is 1.29 bits per heavy atom. The highest BCUT2D eigenvalue weighted by atomic mass is 19.1. The molecular formula is C16H19FN2O2. The van der Waals surface area contributed by atoms with E-state index in [1.807, 2.05) is 6.92 Å². The molecule has 2 aliphatic rings. The van der Waals surface area contributed by atoms with Crippen LogP contribution in [0.2, 0.25) is 0 Å². The van der Waals surface area contributed by atoms with Crippen molar-refractivity contribution in [3.05, 3.63) is 35.1 Å². The minimum absolute atomic E-state index is 0.00308. The number of hydrogen-bond acceptors (Lipinski definition) is 2. The molecule has 0 aromatic heterocycles. The molecule has 0 radical (unpaired) electrons. The third-order valence-corrected chi connectivity index (χ3v) is 4.53. The van der Waals surface area contributed by atoms with Gasteiger partial charge in [0.05, 0.1) is 6.54 Å². The van der Waals surface area contributed by atoms with Crippen molar-refractivity contribution in [1.82, 2.24) is 10.2 Å². The summed E-state index contributed by atoms with van der Waals surface area (Å²) in [6.07, 6.45) is 3.37. The zero-order valence-corrected chi connectivity index (χ0v) is 12.1. The molecule has 1 heterocycles. The van der Waals surface area contributed by atoms with Crippen LogP contribution in [0.5, 0.6) is 0 Å². The Morgan fingerprint density at radius 3 is 2.67 bits per heavy atom. The van der Waals surface area contributed by atoms with Crippen molar-refractivity contribution in [2.75, 3.05) is 6.54 Å². The van der Waals surface area contributed by atoms with Gasteiger partial charge in [0, 0.05) is 6.54 Å². The molecule has 2 fully saturated rings. The van der Waals surface area contributed by atoms with Gasteiger partial charge in [0.15, 0.2) is 0 Å². The first-order valence-electron chi connectivity index (χ1n) is 7.36. The molecule has 5 heteroatoms. The summed E-state index contributed by atoms with van der Waals surface area (Å²) in [6, 6.07) is 4.53. The van der Waals surface area contributed by atoms with Crippen molar-refractivity contribution in [3.63, 3.8) is 0 Å². The molecule has 1 aliphatic heterocycles. The van der Waals surface area contributed by atoms with Crippen LogP contribution in [-0.4, -0.2) is 28.8 Å². The molecule has 112 valence electrons. The second kappa shape index (κ2) is 5.13. The first kappa shape index (κ1) is 14.0. The fourth-order valence-electron chi connectivity index (χ4n) is 3.40. The fraction of sp³-hybridized carbons (Fsp3) is 0.500. The summed E-state index contributed by atoms with van der Waals surface area (Å²) in [7, 11) is 0. The third-order valence-electron chi connectivity index (χ3n) is 4.53. The number of piperazine rings is 1. The Hall–Kier alpha value is -1.91. The first-order chi connectivity index (χ1) is 10.00. The topological polar surface area (TPSA) is 49.4 Å². The van der Waals surface area contributed by atoms with E-state index in [0.29, 0.717) is 6.54 Å². The van der Waals surface area contributed by atoms with E-state index in [9.17, 15) is 14.0 Å². The smallest absolute Gasteiger partial charge is 0.249 e. The Bertz CT molecular complexity index is 594. The quantitative estimate of drug-likeness (QED) is 0.904. The number of rotatable bonds is 2. The van der Waals surface area contributed by atoms with E-state index in [4.69, 9.17) is 0 Å². The van der Waals surface area contributed by atoms with Crippen LogP contribution in [0.1, 0.15) is 36.8 Å². The number of halogens is 1. The number of amides is 2. The molecular weight excluding hydrogens is 271 g/mol. The van der Waals surface area contributed by atoms with Crippen molar-refractivity contribution >= 4 is 11.8 Å². The van der Waals surface area contributed by atoms with Crippen molar-refractivity contribution in [1.29, 1.82) is 0 Å². The molecule has 1 spiro atoms. The monoisotopic (exact) mass is 290 g/mol. The van der Waals surface area contributed by atoms with E-state index in [-0.39, 0.29) is 24.2 Å². The zero-order valence-electron chi connectivity index (χ0n) is 12.1. The summed E-state index contributed by atoms with van der Waals surface area (Å²) < 4.78 is 13.2. The van der Waals surface area contributed by atoms with Crippen LogP contribution < -0.4 is 5.32 Å². The van der Waals surface area contributed by atoms with Crippen LogP contribution in [0.15, 0.2) is 18.2 Å². The molecule has 1 saturated carbocycles. The summed E-state index contributed by atoms with van der Waals surface area (Å²) in [5, 5.41) is 2.89. The minimum atomic E-state index is -0.691. The number of carbonyl (C=O) groups is 2. The predicted molar refractivity (Wildman–Crippen MR) is 75.9 cm³/mol. The maximum Gasteiger partial charge on any atom is 0.249 e. The lowest BCUT2D eigenvalue weighted by molar-refractivity contribution is -0.150. The zero-order chi connectivity index (χ0) is 15.0. The lowest BCUT2D eigenvalue weighted by Gasteiger charge is -2.39. The molecule has 3 rings (SSSR count). The SMILES string of the molecule is Cc1cc(F)ccc1CN1CC(=O)NC2(CCCC2)C1=O. The summed E-state index contributed by atoms with van der Waals surface area (Å²) in [5.74, 6) is -0.384. The van der Waals surface area contributed by atoms with Gasteiger partial charge in [0.1, 0.15) is 11.4 Å². The molecule has 1 N–H and O–H groups in total. The highest BCUT2D eigenvalue weighted by molar-refractivity contribution is 5.98. The molecule has 4 nitrogen and oxygen atoms in total. The summed E-state index contributed by atoms with van der Waals surface area (Å²) >= 11 is 0. The maximum atomic E-state index is 13.2. The Labute approximate surface area is 123 Å². The van der Waals surface area contributed by atoms with E-state index in [2.05, 4.69) is 5.32 Å². The van der Waals surface area contributed by atoms with Gasteiger partial charge in [-0.15, -0.1) is 0 Å². The molecule has 0 atom stereocenters. The van der Waals surface area contributed by atoms with Crippen LogP contribution in [0, 0.1) is 12.7 Å². The Kier molecular flexibility index (Phi) is 3.43. The van der Waals surface area contributed by atoms with Gasteiger partial charge in [-0.05, 0) is 43.0 Å². The minimum Gasteiger partial charge on any atom is -0.340 e. The normalized spacial score (nSPS) is 21.0. The molecule has 1 saturated heterocycles. The van der Waals surface area contributed by atoms with Crippen LogP contribution >= 0.6 is 0 Å². The van der Waals surface area contributed by atoms with E-state index in [1.165, 1.54) is 12.1 Å². The van der Waals surface area contributed by atoms with Crippen LogP contribution in [-0.2, 0) is 16.1 Å². The molecule has 0 unspecified atom stereocenters. The molecule has 21 heavy (non-hydrogen) atoms. The van der Waals surface area contributed by atoms with Gasteiger partial charge in [0.2, 0.25) is 11.8 Å². The van der Waals surface area contributed by atoms with Crippen LogP contribution in [0.4, 0.5) is 4.39 Å². The molecule has 1 aromatic carbocycles. The fourth-order valence-corrected chi connectivity index (χ4v) is 3.40. The van der Waals surface area contributed by atoms with Crippen LogP contribution in [0.3, 0.4) is 0 Å². The van der Waals surface area contributed by atoms with Gasteiger partial charge < -0.3 is 10.2 Å². The van der Waals surface area contributed by atoms with Gasteiger partial charge in [-0.1, -0.05) is 18.9 Å². The summed E-state index contributed by atoms with van der Waals surface area (Å²) in [4.78, 5) is 26.3. The first-order valence-corrected chi connectivity index (χ1v) is 7.36. The van der Waals surface area contributed by atoms with Gasteiger partial charge >= 0.3 is 0 Å². The highest BCUT2D eigenvalue weighted by Gasteiger charge is 2.48. The number of carbonyl (C=O) groups excluding carboxylic acids is 2. The van der Waals surface area contributed by atoms with Gasteiger partial charge in [-0.3, -0.25) is 9.59 Å². The third kappa shape index (κ3) is 2.52. The number of hydrogen-bond donors (Lipinski definition) is 1. The van der Waals surface area contributed by atoms with Crippen molar-refractivity contribution < 1.29 is 14.0 Å². The van der Waals surface area contributed by atoms with E-state index < -0.39 is 5.54 Å². The van der Waals surface area contributed by atoms with Crippen molar-refractivity contribution in [2.24, 2.45) is 0 Å². The largest absolute Gasteiger partial charge is 0.340 e. The molecule has 1 aliphatic carbocycles. The average molecular weight is 290 g/mol. The number of nitrogens with zero attached hydrogens (tertiary/aromatic N) is 1. The Balaban J connectivity index is 1.84.